The summed E-state index contributed by atoms with van der Waals surface area (Å²) in [6, 6.07) is 28.5. The van der Waals surface area contributed by atoms with Crippen LogP contribution in [0.3, 0.4) is 0 Å². The summed E-state index contributed by atoms with van der Waals surface area (Å²) in [7, 11) is 0. The number of likely N-dealkylation sites (tertiary alicyclic amines) is 1. The molecule has 1 fully saturated rings. The summed E-state index contributed by atoms with van der Waals surface area (Å²) >= 11 is 0. The molecule has 1 heterocycles. The molecular formula is C34H42N2O6. The molecule has 0 radical (unpaired) electrons. The first-order valence-corrected chi connectivity index (χ1v) is 14.4. The molecule has 0 aromatic heterocycles. The van der Waals surface area contributed by atoms with Gasteiger partial charge < -0.3 is 24.3 Å². The van der Waals surface area contributed by atoms with Gasteiger partial charge in [-0.25, -0.2) is 4.79 Å². The number of hydrogen-bond acceptors (Lipinski definition) is 6. The van der Waals surface area contributed by atoms with E-state index in [0.29, 0.717) is 19.8 Å². The minimum absolute atomic E-state index is 0.175. The van der Waals surface area contributed by atoms with Crippen molar-refractivity contribution >= 4 is 12.0 Å². The van der Waals surface area contributed by atoms with Gasteiger partial charge in [-0.2, -0.15) is 0 Å². The van der Waals surface area contributed by atoms with Crippen LogP contribution in [0.4, 0.5) is 4.79 Å². The molecule has 8 nitrogen and oxygen atoms in total. The summed E-state index contributed by atoms with van der Waals surface area (Å²) < 4.78 is 25.2. The highest BCUT2D eigenvalue weighted by atomic mass is 16.6. The van der Waals surface area contributed by atoms with Gasteiger partial charge in [0, 0.05) is 13.5 Å². The Balaban J connectivity index is 1.67. The maximum absolute atomic E-state index is 13.8. The monoisotopic (exact) mass is 574 g/mol. The predicted molar refractivity (Wildman–Crippen MR) is 160 cm³/mol. The molecule has 0 saturated carbocycles. The van der Waals surface area contributed by atoms with E-state index in [0.717, 1.165) is 16.7 Å². The lowest BCUT2D eigenvalue weighted by Crippen LogP contribution is -2.51. The van der Waals surface area contributed by atoms with E-state index in [1.807, 2.05) is 112 Å². The van der Waals surface area contributed by atoms with Gasteiger partial charge >= 0.3 is 6.09 Å². The summed E-state index contributed by atoms with van der Waals surface area (Å²) in [5.41, 5.74) is 2.28. The molecule has 1 saturated heterocycles. The van der Waals surface area contributed by atoms with E-state index in [1.54, 1.807) is 4.90 Å². The number of nitrogens with one attached hydrogen (secondary N) is 1. The molecule has 0 bridgehead atoms. The van der Waals surface area contributed by atoms with Crippen molar-refractivity contribution in [1.29, 1.82) is 0 Å². The fourth-order valence-corrected chi connectivity index (χ4v) is 5.04. The standard InChI is InChI=1S/C34H42N2O6/c1-25(37)35-20-29-31(40-22-27-16-10-6-11-17-27)32(41-23-28-18-12-7-13-19-28)30(36(29)33(38)42-34(2,3)4)24-39-21-26-14-8-5-9-15-26/h5-19,29-32H,20-24H2,1-4H3,(H,35,37)/t29-,30-,31-,32-/m1/s1. The third kappa shape index (κ3) is 9.14. The normalized spacial score (nSPS) is 20.3. The first-order chi connectivity index (χ1) is 20.2. The number of carbonyl (C=O) groups is 2. The highest BCUT2D eigenvalue weighted by Gasteiger charge is 2.53. The van der Waals surface area contributed by atoms with Crippen molar-refractivity contribution in [2.75, 3.05) is 13.2 Å². The van der Waals surface area contributed by atoms with Crippen molar-refractivity contribution in [3.63, 3.8) is 0 Å². The topological polar surface area (TPSA) is 86.3 Å². The van der Waals surface area contributed by atoms with Crippen molar-refractivity contribution in [3.05, 3.63) is 108 Å². The van der Waals surface area contributed by atoms with Crippen LogP contribution in [0.2, 0.25) is 0 Å². The molecule has 3 aromatic rings. The molecule has 0 spiro atoms. The van der Waals surface area contributed by atoms with Crippen LogP contribution in [0.5, 0.6) is 0 Å². The van der Waals surface area contributed by atoms with Gasteiger partial charge in [0.1, 0.15) is 17.8 Å². The SMILES string of the molecule is CC(=O)NC[C@@H]1[C@@H](OCc2ccccc2)[C@H](OCc2ccccc2)[C@@H](COCc2ccccc2)N1C(=O)OC(C)(C)C. The first kappa shape index (κ1) is 31.2. The fourth-order valence-electron chi connectivity index (χ4n) is 5.04. The molecule has 1 N–H and O–H groups in total. The van der Waals surface area contributed by atoms with Crippen LogP contribution in [0.1, 0.15) is 44.4 Å². The van der Waals surface area contributed by atoms with Crippen LogP contribution in [0.25, 0.3) is 0 Å². The Hall–Kier alpha value is -3.72. The Morgan fingerprint density at radius 3 is 1.62 bits per heavy atom. The van der Waals surface area contributed by atoms with E-state index in [9.17, 15) is 9.59 Å². The maximum Gasteiger partial charge on any atom is 0.411 e. The van der Waals surface area contributed by atoms with E-state index >= 15 is 0 Å². The highest BCUT2D eigenvalue weighted by molar-refractivity contribution is 5.73. The van der Waals surface area contributed by atoms with Crippen LogP contribution < -0.4 is 5.32 Å². The van der Waals surface area contributed by atoms with E-state index < -0.39 is 36.0 Å². The van der Waals surface area contributed by atoms with E-state index in [2.05, 4.69) is 5.32 Å². The Bertz CT molecular complexity index is 1250. The second-order valence-corrected chi connectivity index (χ2v) is 11.5. The van der Waals surface area contributed by atoms with Crippen LogP contribution in [0, 0.1) is 0 Å². The zero-order chi connectivity index (χ0) is 30.0. The Kier molecular flexibility index (Phi) is 11.1. The molecule has 3 aromatic carbocycles. The number of amides is 2. The lowest BCUT2D eigenvalue weighted by molar-refractivity contribution is -0.119. The van der Waals surface area contributed by atoms with Crippen molar-refractivity contribution < 1.29 is 28.5 Å². The smallest absolute Gasteiger partial charge is 0.411 e. The van der Waals surface area contributed by atoms with Crippen LogP contribution in [-0.2, 0) is 43.6 Å². The Morgan fingerprint density at radius 2 is 1.17 bits per heavy atom. The lowest BCUT2D eigenvalue weighted by Gasteiger charge is -2.33. The molecule has 42 heavy (non-hydrogen) atoms. The van der Waals surface area contributed by atoms with Gasteiger partial charge in [-0.15, -0.1) is 0 Å². The molecule has 4 atom stereocenters. The quantitative estimate of drug-likeness (QED) is 0.308. The number of carbonyl (C=O) groups excluding carboxylic acids is 2. The van der Waals surface area contributed by atoms with Crippen molar-refractivity contribution in [1.82, 2.24) is 10.2 Å². The number of hydrogen-bond donors (Lipinski definition) is 1. The van der Waals surface area contributed by atoms with E-state index in [-0.39, 0.29) is 19.1 Å². The van der Waals surface area contributed by atoms with Crippen molar-refractivity contribution in [2.24, 2.45) is 0 Å². The lowest BCUT2D eigenvalue weighted by atomic mass is 10.1. The minimum atomic E-state index is -0.728. The summed E-state index contributed by atoms with van der Waals surface area (Å²) in [6.07, 6.45) is -1.64. The molecule has 2 amide bonds. The maximum atomic E-state index is 13.8. The van der Waals surface area contributed by atoms with Gasteiger partial charge in [0.05, 0.1) is 38.5 Å². The average Bonchev–Trinajstić information content (AvgIpc) is 3.26. The van der Waals surface area contributed by atoms with Crippen molar-refractivity contribution in [3.8, 4) is 0 Å². The van der Waals surface area contributed by atoms with Crippen LogP contribution in [0.15, 0.2) is 91.0 Å². The zero-order valence-electron chi connectivity index (χ0n) is 24.9. The highest BCUT2D eigenvalue weighted by Crippen LogP contribution is 2.33. The predicted octanol–water partition coefficient (Wildman–Crippen LogP) is 5.50. The summed E-state index contributed by atoms with van der Waals surface area (Å²) in [4.78, 5) is 27.5. The molecule has 4 rings (SSSR count). The van der Waals surface area contributed by atoms with Gasteiger partial charge in [-0.1, -0.05) is 91.0 Å². The number of benzene rings is 3. The molecule has 8 heteroatoms. The minimum Gasteiger partial charge on any atom is -0.444 e. The van der Waals surface area contributed by atoms with Crippen LogP contribution >= 0.6 is 0 Å². The molecule has 1 aliphatic heterocycles. The third-order valence-electron chi connectivity index (χ3n) is 6.93. The second-order valence-electron chi connectivity index (χ2n) is 11.5. The van der Waals surface area contributed by atoms with Gasteiger partial charge in [0.2, 0.25) is 5.91 Å². The number of rotatable bonds is 12. The van der Waals surface area contributed by atoms with Gasteiger partial charge in [0.25, 0.3) is 0 Å². The average molecular weight is 575 g/mol. The molecule has 0 aliphatic carbocycles. The van der Waals surface area contributed by atoms with Crippen molar-refractivity contribution in [2.45, 2.75) is 77.4 Å². The Morgan fingerprint density at radius 1 is 0.714 bits per heavy atom. The summed E-state index contributed by atoms with van der Waals surface area (Å²) in [5.74, 6) is -0.202. The van der Waals surface area contributed by atoms with Crippen LogP contribution in [-0.4, -0.2) is 59.9 Å². The summed E-state index contributed by atoms with van der Waals surface area (Å²) in [6.45, 7) is 8.32. The third-order valence-corrected chi connectivity index (χ3v) is 6.93. The Labute approximate surface area is 248 Å². The van der Waals surface area contributed by atoms with E-state index in [1.165, 1.54) is 6.92 Å². The molecule has 1 aliphatic rings. The fraction of sp³-hybridized carbons (Fsp3) is 0.412. The largest absolute Gasteiger partial charge is 0.444 e. The number of ether oxygens (including phenoxy) is 4. The van der Waals surface area contributed by atoms with Gasteiger partial charge in [0.15, 0.2) is 0 Å². The molecule has 224 valence electrons. The second kappa shape index (κ2) is 15.0. The molecular weight excluding hydrogens is 532 g/mol. The van der Waals surface area contributed by atoms with Gasteiger partial charge in [-0.05, 0) is 37.5 Å². The number of nitrogens with zero attached hydrogens (tertiary/aromatic N) is 1. The molecule has 0 unspecified atom stereocenters. The summed E-state index contributed by atoms with van der Waals surface area (Å²) in [5, 5.41) is 2.90. The first-order valence-electron chi connectivity index (χ1n) is 14.4. The van der Waals surface area contributed by atoms with Gasteiger partial charge in [-0.3, -0.25) is 9.69 Å². The van der Waals surface area contributed by atoms with E-state index in [4.69, 9.17) is 18.9 Å². The zero-order valence-corrected chi connectivity index (χ0v) is 24.9.